The second-order valence-corrected chi connectivity index (χ2v) is 4.53. The van der Waals surface area contributed by atoms with Crippen LogP contribution in [0.4, 0.5) is 0 Å². The standard InChI is InChI=1S/C10H16O3/c1-10(2)5-8(11)7-6-12-4-3-9(7)13-10/h7,9H,3-6H2,1-2H3. The van der Waals surface area contributed by atoms with Gasteiger partial charge in [-0.3, -0.25) is 4.79 Å². The van der Waals surface area contributed by atoms with E-state index >= 15 is 0 Å². The third-order valence-electron chi connectivity index (χ3n) is 2.78. The van der Waals surface area contributed by atoms with Crippen LogP contribution in [0.5, 0.6) is 0 Å². The maximum Gasteiger partial charge on any atom is 0.143 e. The number of hydrogen-bond acceptors (Lipinski definition) is 3. The molecule has 2 aliphatic rings. The summed E-state index contributed by atoms with van der Waals surface area (Å²) < 4.78 is 11.1. The van der Waals surface area contributed by atoms with E-state index in [-0.39, 0.29) is 17.6 Å². The molecule has 0 saturated carbocycles. The van der Waals surface area contributed by atoms with Crippen LogP contribution in [0.1, 0.15) is 26.7 Å². The molecule has 74 valence electrons. The van der Waals surface area contributed by atoms with Crippen LogP contribution in [0.15, 0.2) is 0 Å². The first-order valence-electron chi connectivity index (χ1n) is 4.87. The lowest BCUT2D eigenvalue weighted by atomic mass is 9.84. The number of ketones is 1. The van der Waals surface area contributed by atoms with Gasteiger partial charge < -0.3 is 9.47 Å². The van der Waals surface area contributed by atoms with E-state index in [1.54, 1.807) is 0 Å². The van der Waals surface area contributed by atoms with Crippen molar-refractivity contribution in [1.29, 1.82) is 0 Å². The van der Waals surface area contributed by atoms with Crippen molar-refractivity contribution in [2.45, 2.75) is 38.4 Å². The first-order chi connectivity index (χ1) is 6.08. The summed E-state index contributed by atoms with van der Waals surface area (Å²) in [5.74, 6) is 0.308. The summed E-state index contributed by atoms with van der Waals surface area (Å²) in [6.45, 7) is 5.25. The Bertz CT molecular complexity index is 222. The molecule has 13 heavy (non-hydrogen) atoms. The molecule has 0 amide bonds. The fourth-order valence-electron chi connectivity index (χ4n) is 2.16. The van der Waals surface area contributed by atoms with E-state index in [0.717, 1.165) is 13.0 Å². The zero-order chi connectivity index (χ0) is 9.47. The van der Waals surface area contributed by atoms with Gasteiger partial charge in [0.25, 0.3) is 0 Å². The molecule has 3 heteroatoms. The van der Waals surface area contributed by atoms with Crippen molar-refractivity contribution in [2.24, 2.45) is 5.92 Å². The fraction of sp³-hybridized carbons (Fsp3) is 0.900. The van der Waals surface area contributed by atoms with E-state index in [0.29, 0.717) is 18.8 Å². The number of ether oxygens (including phenoxy) is 2. The van der Waals surface area contributed by atoms with Gasteiger partial charge in [-0.2, -0.15) is 0 Å². The summed E-state index contributed by atoms with van der Waals surface area (Å²) in [6, 6.07) is 0. The van der Waals surface area contributed by atoms with Crippen molar-refractivity contribution in [3.8, 4) is 0 Å². The molecule has 2 unspecified atom stereocenters. The van der Waals surface area contributed by atoms with Gasteiger partial charge in [0.1, 0.15) is 5.78 Å². The lowest BCUT2D eigenvalue weighted by Crippen LogP contribution is -2.50. The lowest BCUT2D eigenvalue weighted by molar-refractivity contribution is -0.181. The molecule has 2 fully saturated rings. The summed E-state index contributed by atoms with van der Waals surface area (Å²) >= 11 is 0. The molecule has 0 aromatic heterocycles. The predicted octanol–water partition coefficient (Wildman–Crippen LogP) is 1.16. The van der Waals surface area contributed by atoms with Crippen molar-refractivity contribution in [3.63, 3.8) is 0 Å². The maximum atomic E-state index is 11.7. The highest BCUT2D eigenvalue weighted by atomic mass is 16.5. The van der Waals surface area contributed by atoms with Gasteiger partial charge in [-0.1, -0.05) is 0 Å². The first-order valence-corrected chi connectivity index (χ1v) is 4.87. The van der Waals surface area contributed by atoms with E-state index in [1.165, 1.54) is 0 Å². The highest BCUT2D eigenvalue weighted by Crippen LogP contribution is 2.33. The molecule has 0 radical (unpaired) electrons. The SMILES string of the molecule is CC1(C)CC(=O)C2COCCC2O1. The number of Topliss-reactive ketones (excluding diaryl/α,β-unsaturated/α-hetero) is 1. The Morgan fingerprint density at radius 1 is 1.46 bits per heavy atom. The number of fused-ring (bicyclic) bond motifs is 1. The van der Waals surface area contributed by atoms with Gasteiger partial charge in [-0.05, 0) is 20.3 Å². The Balaban J connectivity index is 2.12. The molecule has 2 atom stereocenters. The normalized spacial score (nSPS) is 38.5. The summed E-state index contributed by atoms with van der Waals surface area (Å²) in [5.41, 5.74) is -0.268. The maximum absolute atomic E-state index is 11.7. The average molecular weight is 184 g/mol. The Labute approximate surface area is 78.4 Å². The molecule has 0 aromatic rings. The highest BCUT2D eigenvalue weighted by molar-refractivity contribution is 5.83. The molecule has 2 aliphatic heterocycles. The van der Waals surface area contributed by atoms with Gasteiger partial charge in [0.05, 0.1) is 24.2 Å². The number of carbonyl (C=O) groups is 1. The molecule has 0 aliphatic carbocycles. The van der Waals surface area contributed by atoms with E-state index in [4.69, 9.17) is 9.47 Å². The fourth-order valence-corrected chi connectivity index (χ4v) is 2.16. The minimum absolute atomic E-state index is 0.00164. The Morgan fingerprint density at radius 3 is 3.00 bits per heavy atom. The average Bonchev–Trinajstić information content (AvgIpc) is 2.02. The second kappa shape index (κ2) is 3.07. The van der Waals surface area contributed by atoms with Crippen molar-refractivity contribution < 1.29 is 14.3 Å². The van der Waals surface area contributed by atoms with Crippen LogP contribution in [-0.2, 0) is 14.3 Å². The summed E-state index contributed by atoms with van der Waals surface area (Å²) in [5, 5.41) is 0. The lowest BCUT2D eigenvalue weighted by Gasteiger charge is -2.42. The molecule has 0 spiro atoms. The summed E-state index contributed by atoms with van der Waals surface area (Å²) in [6.07, 6.45) is 1.49. The van der Waals surface area contributed by atoms with Gasteiger partial charge in [0.2, 0.25) is 0 Å². The van der Waals surface area contributed by atoms with Crippen LogP contribution in [0.25, 0.3) is 0 Å². The van der Waals surface area contributed by atoms with Gasteiger partial charge >= 0.3 is 0 Å². The van der Waals surface area contributed by atoms with Crippen LogP contribution in [0, 0.1) is 5.92 Å². The number of hydrogen-bond donors (Lipinski definition) is 0. The number of carbonyl (C=O) groups excluding carboxylic acids is 1. The molecule has 2 saturated heterocycles. The zero-order valence-electron chi connectivity index (χ0n) is 8.21. The Morgan fingerprint density at radius 2 is 2.23 bits per heavy atom. The molecular weight excluding hydrogens is 168 g/mol. The van der Waals surface area contributed by atoms with Gasteiger partial charge in [0, 0.05) is 13.0 Å². The first kappa shape index (κ1) is 9.16. The van der Waals surface area contributed by atoms with E-state index in [1.807, 2.05) is 13.8 Å². The van der Waals surface area contributed by atoms with Crippen LogP contribution in [-0.4, -0.2) is 30.7 Å². The molecule has 2 heterocycles. The predicted molar refractivity (Wildman–Crippen MR) is 47.5 cm³/mol. The molecule has 2 rings (SSSR count). The van der Waals surface area contributed by atoms with Crippen molar-refractivity contribution in [2.75, 3.05) is 13.2 Å². The Hall–Kier alpha value is -0.410. The van der Waals surface area contributed by atoms with Gasteiger partial charge in [-0.25, -0.2) is 0 Å². The monoisotopic (exact) mass is 184 g/mol. The van der Waals surface area contributed by atoms with Gasteiger partial charge in [0.15, 0.2) is 0 Å². The van der Waals surface area contributed by atoms with Crippen molar-refractivity contribution in [3.05, 3.63) is 0 Å². The third-order valence-corrected chi connectivity index (χ3v) is 2.78. The van der Waals surface area contributed by atoms with Crippen molar-refractivity contribution >= 4 is 5.78 Å². The number of rotatable bonds is 0. The molecule has 3 nitrogen and oxygen atoms in total. The van der Waals surface area contributed by atoms with E-state index in [2.05, 4.69) is 0 Å². The molecule has 0 aromatic carbocycles. The third kappa shape index (κ3) is 1.76. The van der Waals surface area contributed by atoms with Crippen LogP contribution < -0.4 is 0 Å². The second-order valence-electron chi connectivity index (χ2n) is 4.53. The van der Waals surface area contributed by atoms with Crippen LogP contribution in [0.3, 0.4) is 0 Å². The highest BCUT2D eigenvalue weighted by Gasteiger charge is 2.42. The van der Waals surface area contributed by atoms with Crippen LogP contribution in [0.2, 0.25) is 0 Å². The molecule has 0 N–H and O–H groups in total. The molecule has 0 bridgehead atoms. The summed E-state index contributed by atoms with van der Waals surface area (Å²) in [4.78, 5) is 11.7. The minimum Gasteiger partial charge on any atom is -0.380 e. The van der Waals surface area contributed by atoms with Gasteiger partial charge in [-0.15, -0.1) is 0 Å². The van der Waals surface area contributed by atoms with Crippen molar-refractivity contribution in [1.82, 2.24) is 0 Å². The zero-order valence-corrected chi connectivity index (χ0v) is 8.21. The topological polar surface area (TPSA) is 35.5 Å². The molecular formula is C10H16O3. The van der Waals surface area contributed by atoms with Crippen LogP contribution >= 0.6 is 0 Å². The largest absolute Gasteiger partial charge is 0.380 e. The summed E-state index contributed by atoms with van der Waals surface area (Å²) in [7, 11) is 0. The Kier molecular flexibility index (Phi) is 2.16. The minimum atomic E-state index is -0.268. The van der Waals surface area contributed by atoms with E-state index < -0.39 is 0 Å². The quantitative estimate of drug-likeness (QED) is 0.566. The smallest absolute Gasteiger partial charge is 0.143 e. The van der Waals surface area contributed by atoms with E-state index in [9.17, 15) is 4.79 Å².